The smallest absolute Gasteiger partial charge is 0.338 e. The Bertz CT molecular complexity index is 312. The van der Waals surface area contributed by atoms with Gasteiger partial charge in [0.25, 0.3) is 0 Å². The summed E-state index contributed by atoms with van der Waals surface area (Å²) in [6, 6.07) is 0. The molecule has 0 N–H and O–H groups in total. The summed E-state index contributed by atoms with van der Waals surface area (Å²) in [5.74, 6) is 0.492. The van der Waals surface area contributed by atoms with E-state index >= 15 is 0 Å². The fourth-order valence-corrected chi connectivity index (χ4v) is 1.55. The van der Waals surface area contributed by atoms with Crippen molar-refractivity contribution < 1.29 is 14.3 Å². The highest BCUT2D eigenvalue weighted by Crippen LogP contribution is 2.28. The molecule has 0 aliphatic carbocycles. The van der Waals surface area contributed by atoms with Crippen LogP contribution in [0.3, 0.4) is 0 Å². The molecule has 2 aliphatic heterocycles. The van der Waals surface area contributed by atoms with E-state index in [0.717, 1.165) is 11.3 Å². The number of esters is 1. The van der Waals surface area contributed by atoms with E-state index in [1.165, 1.54) is 0 Å². The molecule has 0 saturated heterocycles. The predicted molar refractivity (Wildman–Crippen MR) is 46.9 cm³/mol. The van der Waals surface area contributed by atoms with Crippen molar-refractivity contribution in [2.45, 2.75) is 26.4 Å². The molecule has 0 bridgehead atoms. The van der Waals surface area contributed by atoms with Gasteiger partial charge in [0.2, 0.25) is 0 Å². The lowest BCUT2D eigenvalue weighted by Gasteiger charge is -2.09. The third kappa shape index (κ3) is 1.34. The monoisotopic (exact) mass is 180 g/mol. The largest absolute Gasteiger partial charge is 0.489 e. The second-order valence-corrected chi connectivity index (χ2v) is 3.43. The highest BCUT2D eigenvalue weighted by atomic mass is 16.6. The van der Waals surface area contributed by atoms with Gasteiger partial charge in [0.05, 0.1) is 5.57 Å². The molecular weight excluding hydrogens is 168 g/mol. The van der Waals surface area contributed by atoms with Gasteiger partial charge in [0.15, 0.2) is 6.10 Å². The van der Waals surface area contributed by atoms with Crippen LogP contribution >= 0.6 is 0 Å². The van der Waals surface area contributed by atoms with Gasteiger partial charge >= 0.3 is 5.97 Å². The quantitative estimate of drug-likeness (QED) is 0.419. The molecule has 2 aliphatic rings. The molecule has 3 nitrogen and oxygen atoms in total. The van der Waals surface area contributed by atoms with Crippen molar-refractivity contribution in [3.63, 3.8) is 0 Å². The Kier molecular flexibility index (Phi) is 1.87. The van der Waals surface area contributed by atoms with Crippen molar-refractivity contribution in [3.05, 3.63) is 23.0 Å². The lowest BCUT2D eigenvalue weighted by Crippen LogP contribution is -2.09. The molecule has 0 spiro atoms. The fraction of sp³-hybridized carbons (Fsp3) is 0.500. The number of rotatable bonds is 0. The number of hydrogen-bond donors (Lipinski definition) is 0. The standard InChI is InChI=1S/C10H12O3/c1-6-3-4-8-9(12-5-6)7(2)13-10(8)11/h3,7H,4-5H2,1-2H3. The maximum atomic E-state index is 11.3. The third-order valence-electron chi connectivity index (χ3n) is 2.31. The first-order valence-electron chi connectivity index (χ1n) is 4.41. The van der Waals surface area contributed by atoms with E-state index in [2.05, 4.69) is 0 Å². The molecule has 1 unspecified atom stereocenters. The van der Waals surface area contributed by atoms with Gasteiger partial charge in [-0.2, -0.15) is 0 Å². The van der Waals surface area contributed by atoms with Crippen molar-refractivity contribution in [1.29, 1.82) is 0 Å². The zero-order valence-corrected chi connectivity index (χ0v) is 7.79. The van der Waals surface area contributed by atoms with Gasteiger partial charge in [0, 0.05) is 6.42 Å². The first-order valence-corrected chi connectivity index (χ1v) is 4.41. The summed E-state index contributed by atoms with van der Waals surface area (Å²) in [6.07, 6.45) is 2.45. The van der Waals surface area contributed by atoms with Crippen molar-refractivity contribution >= 4 is 5.97 Å². The summed E-state index contributed by atoms with van der Waals surface area (Å²) >= 11 is 0. The van der Waals surface area contributed by atoms with Gasteiger partial charge in [-0.3, -0.25) is 0 Å². The molecule has 0 saturated carbocycles. The van der Waals surface area contributed by atoms with E-state index in [1.807, 2.05) is 19.9 Å². The van der Waals surface area contributed by atoms with Gasteiger partial charge in [-0.25, -0.2) is 4.79 Å². The summed E-state index contributed by atoms with van der Waals surface area (Å²) in [7, 11) is 0. The van der Waals surface area contributed by atoms with E-state index in [-0.39, 0.29) is 12.1 Å². The fourth-order valence-electron chi connectivity index (χ4n) is 1.55. The number of ether oxygens (including phenoxy) is 2. The Morgan fingerprint density at radius 1 is 1.54 bits per heavy atom. The molecule has 0 amide bonds. The van der Waals surface area contributed by atoms with Crippen LogP contribution < -0.4 is 0 Å². The van der Waals surface area contributed by atoms with Crippen LogP contribution in [0.15, 0.2) is 23.0 Å². The molecule has 1 atom stereocenters. The van der Waals surface area contributed by atoms with Crippen molar-refractivity contribution in [3.8, 4) is 0 Å². The Balaban J connectivity index is 2.30. The van der Waals surface area contributed by atoms with E-state index in [9.17, 15) is 4.79 Å². The minimum absolute atomic E-state index is 0.207. The average molecular weight is 180 g/mol. The molecule has 2 rings (SSSR count). The molecule has 2 heterocycles. The topological polar surface area (TPSA) is 35.5 Å². The summed E-state index contributed by atoms with van der Waals surface area (Å²) in [5.41, 5.74) is 1.85. The lowest BCUT2D eigenvalue weighted by atomic mass is 10.1. The molecule has 70 valence electrons. The Morgan fingerprint density at radius 2 is 2.31 bits per heavy atom. The normalized spacial score (nSPS) is 27.4. The van der Waals surface area contributed by atoms with Crippen LogP contribution in [0.4, 0.5) is 0 Å². The minimum Gasteiger partial charge on any atom is -0.489 e. The molecule has 0 aromatic rings. The van der Waals surface area contributed by atoms with Gasteiger partial charge in [0.1, 0.15) is 12.4 Å². The Labute approximate surface area is 77.0 Å². The van der Waals surface area contributed by atoms with E-state index in [0.29, 0.717) is 18.6 Å². The van der Waals surface area contributed by atoms with Gasteiger partial charge < -0.3 is 9.47 Å². The SMILES string of the molecule is CC1=CCC2=C(OC1)C(C)OC2=O. The van der Waals surface area contributed by atoms with Crippen molar-refractivity contribution in [1.82, 2.24) is 0 Å². The lowest BCUT2D eigenvalue weighted by molar-refractivity contribution is -0.139. The van der Waals surface area contributed by atoms with Crippen LogP contribution in [-0.4, -0.2) is 18.7 Å². The predicted octanol–water partition coefficient (Wildman–Crippen LogP) is 1.55. The molecule has 0 aromatic carbocycles. The van der Waals surface area contributed by atoms with E-state index in [4.69, 9.17) is 9.47 Å². The summed E-state index contributed by atoms with van der Waals surface area (Å²) in [6.45, 7) is 4.40. The van der Waals surface area contributed by atoms with Gasteiger partial charge in [-0.1, -0.05) is 6.08 Å². The molecule has 0 radical (unpaired) electrons. The van der Waals surface area contributed by atoms with Crippen molar-refractivity contribution in [2.24, 2.45) is 0 Å². The number of carbonyl (C=O) groups is 1. The van der Waals surface area contributed by atoms with Crippen LogP contribution in [0, 0.1) is 0 Å². The Morgan fingerprint density at radius 3 is 3.08 bits per heavy atom. The first kappa shape index (κ1) is 8.35. The van der Waals surface area contributed by atoms with Gasteiger partial charge in [-0.15, -0.1) is 0 Å². The zero-order chi connectivity index (χ0) is 9.42. The minimum atomic E-state index is -0.228. The van der Waals surface area contributed by atoms with Crippen LogP contribution in [0.25, 0.3) is 0 Å². The zero-order valence-electron chi connectivity index (χ0n) is 7.79. The summed E-state index contributed by atoms with van der Waals surface area (Å²) in [5, 5.41) is 0. The number of hydrogen-bond acceptors (Lipinski definition) is 3. The number of carbonyl (C=O) groups excluding carboxylic acids is 1. The summed E-state index contributed by atoms with van der Waals surface area (Å²) in [4.78, 5) is 11.3. The number of allylic oxidation sites excluding steroid dienone is 1. The molecule has 13 heavy (non-hydrogen) atoms. The highest BCUT2D eigenvalue weighted by Gasteiger charge is 2.32. The van der Waals surface area contributed by atoms with E-state index < -0.39 is 0 Å². The molecule has 0 aromatic heterocycles. The highest BCUT2D eigenvalue weighted by molar-refractivity contribution is 5.92. The Hall–Kier alpha value is -1.25. The van der Waals surface area contributed by atoms with Crippen LogP contribution in [0.1, 0.15) is 20.3 Å². The maximum absolute atomic E-state index is 11.3. The number of cyclic esters (lactones) is 1. The second-order valence-electron chi connectivity index (χ2n) is 3.43. The first-order chi connectivity index (χ1) is 6.18. The molecular formula is C10H12O3. The molecule has 3 heteroatoms. The summed E-state index contributed by atoms with van der Waals surface area (Å²) < 4.78 is 10.5. The molecule has 0 fully saturated rings. The van der Waals surface area contributed by atoms with Gasteiger partial charge in [-0.05, 0) is 19.4 Å². The van der Waals surface area contributed by atoms with Crippen molar-refractivity contribution in [2.75, 3.05) is 6.61 Å². The van der Waals surface area contributed by atoms with Crippen LogP contribution in [0.2, 0.25) is 0 Å². The average Bonchev–Trinajstić information content (AvgIpc) is 2.27. The van der Waals surface area contributed by atoms with Crippen LogP contribution in [0.5, 0.6) is 0 Å². The van der Waals surface area contributed by atoms with E-state index in [1.54, 1.807) is 0 Å². The van der Waals surface area contributed by atoms with Crippen LogP contribution in [-0.2, 0) is 14.3 Å². The second kappa shape index (κ2) is 2.91. The third-order valence-corrected chi connectivity index (χ3v) is 2.31. The maximum Gasteiger partial charge on any atom is 0.338 e.